The van der Waals surface area contributed by atoms with Crippen LogP contribution in [0.25, 0.3) is 0 Å². The monoisotopic (exact) mass is 250 g/mol. The van der Waals surface area contributed by atoms with E-state index in [4.69, 9.17) is 5.73 Å². The van der Waals surface area contributed by atoms with E-state index in [0.717, 1.165) is 31.4 Å². The number of rotatable bonds is 4. The normalized spacial score (nSPS) is 16.7. The number of aromatic nitrogens is 1. The Bertz CT molecular complexity index is 459. The van der Waals surface area contributed by atoms with Gasteiger partial charge in [-0.1, -0.05) is 19.3 Å². The van der Waals surface area contributed by atoms with Gasteiger partial charge >= 0.3 is 5.97 Å². The van der Waals surface area contributed by atoms with Crippen LogP contribution in [0.4, 0.5) is 0 Å². The molecule has 0 unspecified atom stereocenters. The SMILES string of the molecule is NC(=O)Cn1ccc(C(=O)O)c1C1CCCCC1. The Labute approximate surface area is 106 Å². The third-order valence-corrected chi connectivity index (χ3v) is 3.55. The number of primary amides is 1. The van der Waals surface area contributed by atoms with Gasteiger partial charge in [-0.2, -0.15) is 0 Å². The molecule has 0 spiro atoms. The van der Waals surface area contributed by atoms with Crippen LogP contribution in [-0.4, -0.2) is 21.6 Å². The first-order valence-corrected chi connectivity index (χ1v) is 6.30. The van der Waals surface area contributed by atoms with Gasteiger partial charge in [0.25, 0.3) is 0 Å². The summed E-state index contributed by atoms with van der Waals surface area (Å²) in [6, 6.07) is 1.56. The van der Waals surface area contributed by atoms with Crippen molar-refractivity contribution in [3.63, 3.8) is 0 Å². The highest BCUT2D eigenvalue weighted by molar-refractivity contribution is 5.89. The molecule has 1 fully saturated rings. The van der Waals surface area contributed by atoms with E-state index in [-0.39, 0.29) is 12.5 Å². The molecule has 18 heavy (non-hydrogen) atoms. The molecule has 1 saturated carbocycles. The summed E-state index contributed by atoms with van der Waals surface area (Å²) in [7, 11) is 0. The molecule has 3 N–H and O–H groups in total. The van der Waals surface area contributed by atoms with Gasteiger partial charge < -0.3 is 15.4 Å². The maximum atomic E-state index is 11.2. The van der Waals surface area contributed by atoms with E-state index in [1.54, 1.807) is 16.8 Å². The fourth-order valence-electron chi connectivity index (χ4n) is 2.80. The minimum atomic E-state index is -0.932. The van der Waals surface area contributed by atoms with Crippen LogP contribution in [0.5, 0.6) is 0 Å². The van der Waals surface area contributed by atoms with Gasteiger partial charge in [0.15, 0.2) is 0 Å². The van der Waals surface area contributed by atoms with Gasteiger partial charge in [0.05, 0.1) is 5.56 Å². The lowest BCUT2D eigenvalue weighted by atomic mass is 9.85. The molecule has 0 atom stereocenters. The van der Waals surface area contributed by atoms with Crippen LogP contribution in [0.1, 0.15) is 54.1 Å². The molecule has 1 aliphatic carbocycles. The molecular weight excluding hydrogens is 232 g/mol. The van der Waals surface area contributed by atoms with Gasteiger partial charge in [-0.25, -0.2) is 4.79 Å². The molecule has 98 valence electrons. The van der Waals surface area contributed by atoms with Crippen LogP contribution in [0.2, 0.25) is 0 Å². The summed E-state index contributed by atoms with van der Waals surface area (Å²) in [5.41, 5.74) is 6.27. The van der Waals surface area contributed by atoms with E-state index in [2.05, 4.69) is 0 Å². The first kappa shape index (κ1) is 12.7. The number of carbonyl (C=O) groups is 2. The molecule has 0 bridgehead atoms. The fraction of sp³-hybridized carbons (Fsp3) is 0.538. The van der Waals surface area contributed by atoms with Crippen LogP contribution in [0, 0.1) is 0 Å². The molecule has 5 heteroatoms. The zero-order valence-corrected chi connectivity index (χ0v) is 10.3. The average molecular weight is 250 g/mol. The number of carboxylic acid groups (broad SMARTS) is 1. The van der Waals surface area contributed by atoms with Gasteiger partial charge in [-0.05, 0) is 18.9 Å². The predicted octanol–water partition coefficient (Wildman–Crippen LogP) is 1.72. The van der Waals surface area contributed by atoms with Gasteiger partial charge in [0, 0.05) is 17.8 Å². The van der Waals surface area contributed by atoms with Crippen molar-refractivity contribution >= 4 is 11.9 Å². The number of carbonyl (C=O) groups excluding carboxylic acids is 1. The first-order chi connectivity index (χ1) is 8.59. The lowest BCUT2D eigenvalue weighted by Crippen LogP contribution is -2.22. The predicted molar refractivity (Wildman–Crippen MR) is 66.4 cm³/mol. The van der Waals surface area contributed by atoms with E-state index >= 15 is 0 Å². The minimum Gasteiger partial charge on any atom is -0.478 e. The lowest BCUT2D eigenvalue weighted by Gasteiger charge is -2.24. The standard InChI is InChI=1S/C13H18N2O3/c14-11(16)8-15-7-6-10(13(17)18)12(15)9-4-2-1-3-5-9/h6-7,9H,1-5,8H2,(H2,14,16)(H,17,18). The van der Waals surface area contributed by atoms with Crippen molar-refractivity contribution in [3.05, 3.63) is 23.5 Å². The zero-order valence-electron chi connectivity index (χ0n) is 10.3. The topological polar surface area (TPSA) is 85.3 Å². The second-order valence-corrected chi connectivity index (χ2v) is 4.85. The van der Waals surface area contributed by atoms with Crippen LogP contribution in [0.15, 0.2) is 12.3 Å². The average Bonchev–Trinajstić information content (AvgIpc) is 2.73. The molecule has 2 rings (SSSR count). The summed E-state index contributed by atoms with van der Waals surface area (Å²) in [6.45, 7) is 0.0547. The summed E-state index contributed by atoms with van der Waals surface area (Å²) in [5.74, 6) is -1.14. The first-order valence-electron chi connectivity index (χ1n) is 6.30. The summed E-state index contributed by atoms with van der Waals surface area (Å²) in [5, 5.41) is 9.21. The van der Waals surface area contributed by atoms with Crippen molar-refractivity contribution in [2.45, 2.75) is 44.6 Å². The molecule has 1 aliphatic rings. The molecule has 1 heterocycles. The van der Waals surface area contributed by atoms with Crippen molar-refractivity contribution < 1.29 is 14.7 Å². The summed E-state index contributed by atoms with van der Waals surface area (Å²) in [6.07, 6.45) is 7.07. The van der Waals surface area contributed by atoms with Crippen LogP contribution in [-0.2, 0) is 11.3 Å². The number of hydrogen-bond donors (Lipinski definition) is 2. The summed E-state index contributed by atoms with van der Waals surface area (Å²) < 4.78 is 1.70. The molecule has 1 aromatic rings. The smallest absolute Gasteiger partial charge is 0.337 e. The number of nitrogens with zero attached hydrogens (tertiary/aromatic N) is 1. The van der Waals surface area contributed by atoms with E-state index in [9.17, 15) is 14.7 Å². The van der Waals surface area contributed by atoms with Gasteiger partial charge in [-0.3, -0.25) is 4.79 Å². The zero-order chi connectivity index (χ0) is 13.1. The highest BCUT2D eigenvalue weighted by atomic mass is 16.4. The maximum Gasteiger partial charge on any atom is 0.337 e. The Hall–Kier alpha value is -1.78. The van der Waals surface area contributed by atoms with Crippen molar-refractivity contribution in [1.29, 1.82) is 0 Å². The number of amides is 1. The number of hydrogen-bond acceptors (Lipinski definition) is 2. The van der Waals surface area contributed by atoms with E-state index in [1.807, 2.05) is 0 Å². The number of aromatic carboxylic acids is 1. The van der Waals surface area contributed by atoms with Gasteiger partial charge in [-0.15, -0.1) is 0 Å². The second-order valence-electron chi connectivity index (χ2n) is 4.85. The molecule has 0 saturated heterocycles. The van der Waals surface area contributed by atoms with Crippen LogP contribution >= 0.6 is 0 Å². The highest BCUT2D eigenvalue weighted by Gasteiger charge is 2.25. The Kier molecular flexibility index (Phi) is 3.69. The van der Waals surface area contributed by atoms with Crippen molar-refractivity contribution in [2.75, 3.05) is 0 Å². The van der Waals surface area contributed by atoms with Crippen LogP contribution in [0.3, 0.4) is 0 Å². The molecule has 0 radical (unpaired) electrons. The Morgan fingerprint density at radius 2 is 2.00 bits per heavy atom. The Morgan fingerprint density at radius 1 is 1.33 bits per heavy atom. The third kappa shape index (κ3) is 2.55. The summed E-state index contributed by atoms with van der Waals surface area (Å²) >= 11 is 0. The van der Waals surface area contributed by atoms with E-state index < -0.39 is 11.9 Å². The minimum absolute atomic E-state index is 0.0547. The highest BCUT2D eigenvalue weighted by Crippen LogP contribution is 2.35. The molecule has 5 nitrogen and oxygen atoms in total. The molecule has 1 aromatic heterocycles. The van der Waals surface area contributed by atoms with Gasteiger partial charge in [0.2, 0.25) is 5.91 Å². The lowest BCUT2D eigenvalue weighted by molar-refractivity contribution is -0.118. The quantitative estimate of drug-likeness (QED) is 0.853. The Morgan fingerprint density at radius 3 is 2.56 bits per heavy atom. The molecule has 1 amide bonds. The fourth-order valence-corrected chi connectivity index (χ4v) is 2.80. The summed E-state index contributed by atoms with van der Waals surface area (Å²) in [4.78, 5) is 22.3. The number of nitrogens with two attached hydrogens (primary N) is 1. The third-order valence-electron chi connectivity index (χ3n) is 3.55. The number of carboxylic acids is 1. The largest absolute Gasteiger partial charge is 0.478 e. The molecule has 0 aliphatic heterocycles. The Balaban J connectivity index is 2.35. The maximum absolute atomic E-state index is 11.2. The van der Waals surface area contributed by atoms with Crippen molar-refractivity contribution in [3.8, 4) is 0 Å². The van der Waals surface area contributed by atoms with Crippen molar-refractivity contribution in [2.24, 2.45) is 5.73 Å². The van der Waals surface area contributed by atoms with Gasteiger partial charge in [0.1, 0.15) is 6.54 Å². The second kappa shape index (κ2) is 5.25. The van der Waals surface area contributed by atoms with E-state index in [1.165, 1.54) is 6.42 Å². The molecule has 0 aromatic carbocycles. The van der Waals surface area contributed by atoms with Crippen molar-refractivity contribution in [1.82, 2.24) is 4.57 Å². The van der Waals surface area contributed by atoms with E-state index in [0.29, 0.717) is 5.56 Å². The van der Waals surface area contributed by atoms with Crippen LogP contribution < -0.4 is 5.73 Å². The molecular formula is C13H18N2O3.